The number of aromatic hydroxyl groups is 1. The lowest BCUT2D eigenvalue weighted by molar-refractivity contribution is 0.242. The van der Waals surface area contributed by atoms with Crippen LogP contribution in [-0.2, 0) is 6.42 Å². The topological polar surface area (TPSA) is 52.5 Å². The van der Waals surface area contributed by atoms with Crippen molar-refractivity contribution in [3.63, 3.8) is 0 Å². The Hall–Kier alpha value is -1.06. The summed E-state index contributed by atoms with van der Waals surface area (Å²) in [5.41, 5.74) is 1.12. The number of benzene rings is 1. The van der Waals surface area contributed by atoms with Gasteiger partial charge in [-0.15, -0.1) is 0 Å². The minimum absolute atomic E-state index is 0.106. The first-order chi connectivity index (χ1) is 7.26. The number of hydrogen-bond acceptors (Lipinski definition) is 3. The number of aliphatic hydroxyl groups is 1. The maximum atomic E-state index is 9.16. The van der Waals surface area contributed by atoms with Gasteiger partial charge in [-0.25, -0.2) is 0 Å². The fourth-order valence-corrected chi connectivity index (χ4v) is 1.47. The highest BCUT2D eigenvalue weighted by atomic mass is 16.3. The summed E-state index contributed by atoms with van der Waals surface area (Å²) < 4.78 is 0. The van der Waals surface area contributed by atoms with Gasteiger partial charge in [0.1, 0.15) is 5.75 Å². The van der Waals surface area contributed by atoms with Gasteiger partial charge in [-0.3, -0.25) is 0 Å². The number of aliphatic hydroxyl groups excluding tert-OH is 1. The van der Waals surface area contributed by atoms with Crippen LogP contribution in [0.2, 0.25) is 0 Å². The Morgan fingerprint density at radius 2 is 1.93 bits per heavy atom. The number of hydrogen-bond donors (Lipinski definition) is 3. The van der Waals surface area contributed by atoms with Crippen molar-refractivity contribution >= 4 is 0 Å². The van der Waals surface area contributed by atoms with Crippen molar-refractivity contribution in [3.8, 4) is 5.75 Å². The summed E-state index contributed by atoms with van der Waals surface area (Å²) in [5.74, 6) is 0.279. The van der Waals surface area contributed by atoms with E-state index in [4.69, 9.17) is 10.2 Å². The van der Waals surface area contributed by atoms with Crippen molar-refractivity contribution in [2.75, 3.05) is 13.2 Å². The van der Waals surface area contributed by atoms with E-state index in [-0.39, 0.29) is 18.4 Å². The van der Waals surface area contributed by atoms with E-state index in [9.17, 15) is 0 Å². The van der Waals surface area contributed by atoms with Gasteiger partial charge in [-0.05, 0) is 37.1 Å². The minimum atomic E-state index is 0.106. The highest BCUT2D eigenvalue weighted by molar-refractivity contribution is 5.26. The first-order valence-corrected chi connectivity index (χ1v) is 5.38. The monoisotopic (exact) mass is 209 g/mol. The van der Waals surface area contributed by atoms with E-state index >= 15 is 0 Å². The van der Waals surface area contributed by atoms with E-state index in [0.29, 0.717) is 0 Å². The summed E-state index contributed by atoms with van der Waals surface area (Å²) in [5, 5.41) is 21.6. The Morgan fingerprint density at radius 1 is 1.27 bits per heavy atom. The van der Waals surface area contributed by atoms with E-state index in [1.165, 1.54) is 0 Å². The zero-order chi connectivity index (χ0) is 11.1. The van der Waals surface area contributed by atoms with E-state index in [0.717, 1.165) is 24.9 Å². The van der Waals surface area contributed by atoms with Crippen LogP contribution >= 0.6 is 0 Å². The molecule has 0 spiro atoms. The smallest absolute Gasteiger partial charge is 0.115 e. The molecule has 3 heteroatoms. The average molecular weight is 209 g/mol. The molecule has 0 aliphatic carbocycles. The molecule has 1 aromatic carbocycles. The molecule has 0 saturated heterocycles. The maximum absolute atomic E-state index is 9.16. The number of phenolic OH excluding ortho intramolecular Hbond substituents is 1. The van der Waals surface area contributed by atoms with Gasteiger partial charge in [0, 0.05) is 6.04 Å². The Balaban J connectivity index is 2.47. The molecule has 15 heavy (non-hydrogen) atoms. The standard InChI is InChI=1S/C12H19NO2/c1-2-7-13-11(9-14)8-10-3-5-12(15)6-4-10/h3-6,11,13-15H,2,7-9H2,1H3/t11-/m0/s1. The highest BCUT2D eigenvalue weighted by Crippen LogP contribution is 2.11. The molecule has 0 radical (unpaired) electrons. The molecular formula is C12H19NO2. The molecule has 0 unspecified atom stereocenters. The Morgan fingerprint density at radius 3 is 2.47 bits per heavy atom. The van der Waals surface area contributed by atoms with Crippen LogP contribution in [0.4, 0.5) is 0 Å². The summed E-state index contributed by atoms with van der Waals surface area (Å²) in [7, 11) is 0. The van der Waals surface area contributed by atoms with E-state index in [1.54, 1.807) is 12.1 Å². The van der Waals surface area contributed by atoms with Gasteiger partial charge in [0.25, 0.3) is 0 Å². The summed E-state index contributed by atoms with van der Waals surface area (Å²) in [6.07, 6.45) is 1.85. The van der Waals surface area contributed by atoms with E-state index in [2.05, 4.69) is 12.2 Å². The third-order valence-electron chi connectivity index (χ3n) is 2.32. The first-order valence-electron chi connectivity index (χ1n) is 5.38. The summed E-state index contributed by atoms with van der Waals surface area (Å²) in [6, 6.07) is 7.21. The van der Waals surface area contributed by atoms with Gasteiger partial charge in [0.15, 0.2) is 0 Å². The molecule has 0 aliphatic rings. The minimum Gasteiger partial charge on any atom is -0.508 e. The largest absolute Gasteiger partial charge is 0.508 e. The van der Waals surface area contributed by atoms with Crippen LogP contribution in [0.5, 0.6) is 5.75 Å². The number of rotatable bonds is 6. The molecule has 0 amide bonds. The zero-order valence-electron chi connectivity index (χ0n) is 9.11. The molecule has 1 atom stereocenters. The van der Waals surface area contributed by atoms with Crippen LogP contribution in [0, 0.1) is 0 Å². The lowest BCUT2D eigenvalue weighted by Gasteiger charge is -2.15. The Bertz CT molecular complexity index is 271. The van der Waals surface area contributed by atoms with Gasteiger partial charge in [0.05, 0.1) is 6.61 Å². The van der Waals surface area contributed by atoms with Crippen molar-refractivity contribution < 1.29 is 10.2 Å². The Labute approximate surface area is 90.8 Å². The molecule has 0 saturated carbocycles. The van der Waals surface area contributed by atoms with Crippen molar-refractivity contribution in [3.05, 3.63) is 29.8 Å². The molecule has 84 valence electrons. The van der Waals surface area contributed by atoms with Gasteiger partial charge in [-0.1, -0.05) is 19.1 Å². The molecule has 3 nitrogen and oxygen atoms in total. The Kier molecular flexibility index (Phi) is 5.15. The van der Waals surface area contributed by atoms with Crippen molar-refractivity contribution in [1.29, 1.82) is 0 Å². The van der Waals surface area contributed by atoms with Crippen LogP contribution in [0.15, 0.2) is 24.3 Å². The second-order valence-electron chi connectivity index (χ2n) is 3.70. The van der Waals surface area contributed by atoms with Crippen molar-refractivity contribution in [2.24, 2.45) is 0 Å². The molecule has 3 N–H and O–H groups in total. The van der Waals surface area contributed by atoms with E-state index < -0.39 is 0 Å². The molecule has 0 aliphatic heterocycles. The van der Waals surface area contributed by atoms with Crippen LogP contribution in [-0.4, -0.2) is 29.4 Å². The molecule has 1 aromatic rings. The molecule has 0 aromatic heterocycles. The summed E-state index contributed by atoms with van der Waals surface area (Å²) in [6.45, 7) is 3.16. The molecule has 0 bridgehead atoms. The lowest BCUT2D eigenvalue weighted by Crippen LogP contribution is -2.34. The molecule has 0 fully saturated rings. The third-order valence-corrected chi connectivity index (χ3v) is 2.32. The molecule has 1 rings (SSSR count). The third kappa shape index (κ3) is 4.32. The van der Waals surface area contributed by atoms with Gasteiger partial charge in [0.2, 0.25) is 0 Å². The normalized spacial score (nSPS) is 12.7. The quantitative estimate of drug-likeness (QED) is 0.662. The second-order valence-corrected chi connectivity index (χ2v) is 3.70. The zero-order valence-corrected chi connectivity index (χ0v) is 9.11. The van der Waals surface area contributed by atoms with Crippen LogP contribution in [0.3, 0.4) is 0 Å². The van der Waals surface area contributed by atoms with Crippen molar-refractivity contribution in [1.82, 2.24) is 5.32 Å². The summed E-state index contributed by atoms with van der Waals surface area (Å²) in [4.78, 5) is 0. The summed E-state index contributed by atoms with van der Waals surface area (Å²) >= 11 is 0. The van der Waals surface area contributed by atoms with Crippen molar-refractivity contribution in [2.45, 2.75) is 25.8 Å². The second kappa shape index (κ2) is 6.43. The van der Waals surface area contributed by atoms with Crippen LogP contribution in [0.25, 0.3) is 0 Å². The van der Waals surface area contributed by atoms with Crippen LogP contribution in [0.1, 0.15) is 18.9 Å². The molecular weight excluding hydrogens is 190 g/mol. The maximum Gasteiger partial charge on any atom is 0.115 e. The van der Waals surface area contributed by atoms with E-state index in [1.807, 2.05) is 12.1 Å². The predicted octanol–water partition coefficient (Wildman–Crippen LogP) is 1.30. The number of phenols is 1. The van der Waals surface area contributed by atoms with Gasteiger partial charge in [-0.2, -0.15) is 0 Å². The number of nitrogens with one attached hydrogen (secondary N) is 1. The molecule has 0 heterocycles. The predicted molar refractivity (Wildman–Crippen MR) is 61.0 cm³/mol. The van der Waals surface area contributed by atoms with Crippen LogP contribution < -0.4 is 5.32 Å². The van der Waals surface area contributed by atoms with Gasteiger partial charge >= 0.3 is 0 Å². The van der Waals surface area contributed by atoms with Gasteiger partial charge < -0.3 is 15.5 Å². The fourth-order valence-electron chi connectivity index (χ4n) is 1.47. The average Bonchev–Trinajstić information content (AvgIpc) is 2.27. The SMILES string of the molecule is CCCN[C@H](CO)Cc1ccc(O)cc1. The highest BCUT2D eigenvalue weighted by Gasteiger charge is 2.06. The fraction of sp³-hybridized carbons (Fsp3) is 0.500. The first kappa shape index (κ1) is 12.0. The lowest BCUT2D eigenvalue weighted by atomic mass is 10.1.